The first-order valence-electron chi connectivity index (χ1n) is 19.0. The van der Waals surface area contributed by atoms with Gasteiger partial charge in [0.15, 0.2) is 0 Å². The third-order valence-electron chi connectivity index (χ3n) is 9.70. The average molecular weight is 909 g/mol. The van der Waals surface area contributed by atoms with Crippen LogP contribution in [0.4, 0.5) is 21.0 Å². The number of carbonyl (C=O) groups excluding carboxylic acids is 5. The van der Waals surface area contributed by atoms with Gasteiger partial charge < -0.3 is 24.8 Å². The minimum absolute atomic E-state index is 0.00373. The number of nitrogens with zero attached hydrogens (tertiary/aromatic N) is 4. The Hall–Kier alpha value is -6.04. The Morgan fingerprint density at radius 3 is 1.60 bits per heavy atom. The molecule has 3 aliphatic heterocycles. The van der Waals surface area contributed by atoms with Gasteiger partial charge in [-0.05, 0) is 71.4 Å². The van der Waals surface area contributed by atoms with Gasteiger partial charge >= 0.3 is 18.2 Å². The van der Waals surface area contributed by atoms with Crippen LogP contribution < -0.4 is 20.4 Å². The normalized spacial score (nSPS) is 18.0. The third kappa shape index (κ3) is 12.5. The number of methoxy groups -OCH3 is 1. The van der Waals surface area contributed by atoms with Crippen molar-refractivity contribution in [3.05, 3.63) is 104 Å². The van der Waals surface area contributed by atoms with Gasteiger partial charge in [-0.15, -0.1) is 0 Å². The van der Waals surface area contributed by atoms with Crippen LogP contribution in [0.1, 0.15) is 31.8 Å². The molecule has 0 bridgehead atoms. The predicted molar refractivity (Wildman–Crippen MR) is 231 cm³/mol. The maximum atomic E-state index is 12.5. The van der Waals surface area contributed by atoms with Crippen molar-refractivity contribution < 1.29 is 50.8 Å². The Labute approximate surface area is 365 Å². The molecule has 0 radical (unpaired) electrons. The molecule has 7 rings (SSSR count). The highest BCUT2D eigenvalue weighted by molar-refractivity contribution is 7.86. The molecule has 328 valence electrons. The number of ether oxygens (including phenoxy) is 3. The zero-order valence-electron chi connectivity index (χ0n) is 33.6. The second-order valence-corrected chi connectivity index (χ2v) is 17.4. The second kappa shape index (κ2) is 20.7. The van der Waals surface area contributed by atoms with Crippen molar-refractivity contribution >= 4 is 85.8 Å². The van der Waals surface area contributed by atoms with Gasteiger partial charge in [0.2, 0.25) is 0 Å². The van der Waals surface area contributed by atoms with Gasteiger partial charge in [-0.1, -0.05) is 0 Å². The SMILES string of the molecule is COC(=O)CN1CCN(CC2CN(c3ccc(C(=N)NC(=O)c4ccsc4)cc3)C(=O)O2)CC1.CS(=O)(=O)OCC1CN(c2ccc(C(=N)NC(=O)c3ccsc3)cc2)C(=O)O1. The summed E-state index contributed by atoms with van der Waals surface area (Å²) in [5, 5.41) is 28.3. The van der Waals surface area contributed by atoms with E-state index in [1.807, 2.05) is 0 Å². The van der Waals surface area contributed by atoms with E-state index < -0.39 is 28.4 Å². The molecule has 0 aliphatic carbocycles. The van der Waals surface area contributed by atoms with E-state index in [1.54, 1.807) is 87.1 Å². The summed E-state index contributed by atoms with van der Waals surface area (Å²) in [6.45, 7) is 4.35. The van der Waals surface area contributed by atoms with E-state index in [-0.39, 0.29) is 48.7 Å². The van der Waals surface area contributed by atoms with Crippen LogP contribution in [0.25, 0.3) is 0 Å². The lowest BCUT2D eigenvalue weighted by atomic mass is 10.1. The molecule has 62 heavy (non-hydrogen) atoms. The Morgan fingerprint density at radius 1 is 0.710 bits per heavy atom. The molecule has 19 nitrogen and oxygen atoms in total. The number of amides is 4. The van der Waals surface area contributed by atoms with Crippen LogP contribution in [0, 0.1) is 10.8 Å². The van der Waals surface area contributed by atoms with Gasteiger partial charge in [0.1, 0.15) is 30.5 Å². The maximum Gasteiger partial charge on any atom is 0.414 e. The van der Waals surface area contributed by atoms with Gasteiger partial charge in [-0.3, -0.25) is 49.0 Å². The van der Waals surface area contributed by atoms with Gasteiger partial charge in [0, 0.05) is 66.0 Å². The molecule has 0 saturated carbocycles. The van der Waals surface area contributed by atoms with Crippen molar-refractivity contribution in [2.45, 2.75) is 12.2 Å². The van der Waals surface area contributed by atoms with E-state index in [2.05, 4.69) is 24.6 Å². The fourth-order valence-electron chi connectivity index (χ4n) is 6.43. The molecular formula is C40H44N8O11S3. The van der Waals surface area contributed by atoms with Gasteiger partial charge in [0.05, 0.1) is 44.1 Å². The molecule has 2 aromatic carbocycles. The summed E-state index contributed by atoms with van der Waals surface area (Å²) in [6, 6.07) is 16.7. The summed E-state index contributed by atoms with van der Waals surface area (Å²) < 4.78 is 42.1. The number of benzene rings is 2. The number of hydrogen-bond donors (Lipinski definition) is 4. The molecule has 4 amide bonds. The van der Waals surface area contributed by atoms with Crippen molar-refractivity contribution in [2.24, 2.45) is 0 Å². The molecular weight excluding hydrogens is 865 g/mol. The molecule has 2 aromatic heterocycles. The number of piperazine rings is 1. The first kappa shape index (κ1) is 45.5. The van der Waals surface area contributed by atoms with Gasteiger partial charge in [0.25, 0.3) is 21.9 Å². The van der Waals surface area contributed by atoms with E-state index in [0.29, 0.717) is 53.3 Å². The molecule has 4 aromatic rings. The van der Waals surface area contributed by atoms with Crippen LogP contribution in [-0.4, -0.2) is 144 Å². The summed E-state index contributed by atoms with van der Waals surface area (Å²) in [7, 11) is -2.23. The van der Waals surface area contributed by atoms with Gasteiger partial charge in [-0.25, -0.2) is 9.59 Å². The van der Waals surface area contributed by atoms with Crippen LogP contribution in [0.5, 0.6) is 0 Å². The lowest BCUT2D eigenvalue weighted by molar-refractivity contribution is -0.142. The van der Waals surface area contributed by atoms with Crippen molar-refractivity contribution in [3.63, 3.8) is 0 Å². The maximum absolute atomic E-state index is 12.5. The Kier molecular flexibility index (Phi) is 15.2. The lowest BCUT2D eigenvalue weighted by Crippen LogP contribution is -2.50. The highest BCUT2D eigenvalue weighted by Gasteiger charge is 2.35. The first-order chi connectivity index (χ1) is 29.6. The Bertz CT molecular complexity index is 2350. The number of thiophene rings is 2. The number of cyclic esters (lactones) is 2. The number of amidine groups is 2. The van der Waals surface area contributed by atoms with E-state index in [9.17, 15) is 32.4 Å². The number of hydrogen-bond acceptors (Lipinski definition) is 17. The molecule has 3 fully saturated rings. The second-order valence-electron chi connectivity index (χ2n) is 14.2. The van der Waals surface area contributed by atoms with E-state index in [0.717, 1.165) is 32.4 Å². The minimum Gasteiger partial charge on any atom is -0.468 e. The number of esters is 1. The van der Waals surface area contributed by atoms with Crippen LogP contribution in [-0.2, 0) is 33.3 Å². The fraction of sp³-hybridized carbons (Fsp3) is 0.325. The molecule has 3 saturated heterocycles. The molecule has 5 heterocycles. The van der Waals surface area contributed by atoms with E-state index >= 15 is 0 Å². The first-order valence-corrected chi connectivity index (χ1v) is 22.7. The fourth-order valence-corrected chi connectivity index (χ4v) is 8.10. The smallest absolute Gasteiger partial charge is 0.414 e. The summed E-state index contributed by atoms with van der Waals surface area (Å²) in [5.41, 5.74) is 3.21. The number of carbonyl (C=O) groups is 5. The lowest BCUT2D eigenvalue weighted by Gasteiger charge is -2.34. The monoisotopic (exact) mass is 908 g/mol. The summed E-state index contributed by atoms with van der Waals surface area (Å²) in [4.78, 5) is 67.2. The molecule has 4 N–H and O–H groups in total. The molecule has 3 aliphatic rings. The number of anilines is 2. The Balaban J connectivity index is 0.000000211. The quantitative estimate of drug-likeness (QED) is 0.0495. The molecule has 2 atom stereocenters. The highest BCUT2D eigenvalue weighted by atomic mass is 32.2. The number of rotatable bonds is 13. The van der Waals surface area contributed by atoms with Crippen molar-refractivity contribution in [3.8, 4) is 0 Å². The molecule has 0 spiro atoms. The third-order valence-corrected chi connectivity index (χ3v) is 11.6. The summed E-state index contributed by atoms with van der Waals surface area (Å²) >= 11 is 2.81. The van der Waals surface area contributed by atoms with E-state index in [1.165, 1.54) is 34.7 Å². The molecule has 2 unspecified atom stereocenters. The van der Waals surface area contributed by atoms with Crippen LogP contribution in [0.3, 0.4) is 0 Å². The zero-order chi connectivity index (χ0) is 44.4. The summed E-state index contributed by atoms with van der Waals surface area (Å²) in [5.74, 6) is -0.999. The van der Waals surface area contributed by atoms with Crippen LogP contribution in [0.2, 0.25) is 0 Å². The molecule has 22 heteroatoms. The van der Waals surface area contributed by atoms with E-state index in [4.69, 9.17) is 25.0 Å². The van der Waals surface area contributed by atoms with Crippen LogP contribution in [0.15, 0.2) is 82.2 Å². The van der Waals surface area contributed by atoms with Gasteiger partial charge in [-0.2, -0.15) is 31.1 Å². The van der Waals surface area contributed by atoms with Crippen LogP contribution >= 0.6 is 22.7 Å². The standard InChI is InChI=1S/C23H27N5O5S.C17H17N3O6S2/c1-32-20(29)14-27-9-7-26(8-10-27)12-19-13-28(23(31)33-19)18-4-2-16(3-5-18)21(24)25-22(30)17-6-11-34-15-17;1-28(23,24)25-9-14-8-20(17(22)26-14)13-4-2-11(3-5-13)15(18)19-16(21)12-6-7-27-10-12/h2-6,11,15,19H,7-10,12-14H2,1H3,(H2,24,25,30);2-7,10,14H,8-9H2,1H3,(H2,18,19,21). The minimum atomic E-state index is -3.62. The van der Waals surface area contributed by atoms with Crippen molar-refractivity contribution in [2.75, 3.05) is 82.1 Å². The predicted octanol–water partition coefficient (Wildman–Crippen LogP) is 3.42. The Morgan fingerprint density at radius 2 is 1.16 bits per heavy atom. The zero-order valence-corrected chi connectivity index (χ0v) is 36.1. The van der Waals surface area contributed by atoms with Crippen molar-refractivity contribution in [1.29, 1.82) is 10.8 Å². The summed E-state index contributed by atoms with van der Waals surface area (Å²) in [6.07, 6.45) is -1.04. The number of nitrogens with one attached hydrogen (secondary N) is 4. The topological polar surface area (TPSA) is 241 Å². The van der Waals surface area contributed by atoms with Crippen molar-refractivity contribution in [1.82, 2.24) is 20.4 Å². The largest absolute Gasteiger partial charge is 0.468 e. The highest BCUT2D eigenvalue weighted by Crippen LogP contribution is 2.24. The average Bonchev–Trinajstić information content (AvgIpc) is 4.10.